The molecule has 2 aliphatic carbocycles. The van der Waals surface area contributed by atoms with Crippen LogP contribution in [0.25, 0.3) is 6.08 Å². The van der Waals surface area contributed by atoms with Crippen LogP contribution >= 0.6 is 0 Å². The molecule has 0 spiro atoms. The van der Waals surface area contributed by atoms with Crippen molar-refractivity contribution in [3.05, 3.63) is 65.0 Å². The van der Waals surface area contributed by atoms with Crippen molar-refractivity contribution in [2.75, 3.05) is 27.2 Å². The summed E-state index contributed by atoms with van der Waals surface area (Å²) >= 11 is 0. The van der Waals surface area contributed by atoms with Crippen molar-refractivity contribution in [1.82, 2.24) is 24.3 Å². The molecule has 0 radical (unpaired) electrons. The number of pyridine rings is 1. The number of aryl methyl sites for hydroxylation is 1. The fourth-order valence-corrected chi connectivity index (χ4v) is 5.70. The average molecular weight is 418 g/mol. The number of imidazole rings is 1. The minimum atomic E-state index is 0.445. The fraction of sp³-hybridized carbons (Fsp3) is 0.538. The van der Waals surface area contributed by atoms with Crippen molar-refractivity contribution < 1.29 is 0 Å². The lowest BCUT2D eigenvalue weighted by Crippen LogP contribution is -2.42. The average Bonchev–Trinajstić information content (AvgIpc) is 2.94. The lowest BCUT2D eigenvalue weighted by Gasteiger charge is -2.44. The van der Waals surface area contributed by atoms with Crippen molar-refractivity contribution in [2.24, 2.45) is 5.92 Å². The molecule has 164 valence electrons. The van der Waals surface area contributed by atoms with Crippen LogP contribution in [0.15, 0.2) is 36.6 Å². The van der Waals surface area contributed by atoms with E-state index < -0.39 is 0 Å². The third-order valence-corrected chi connectivity index (χ3v) is 7.16. The van der Waals surface area contributed by atoms with E-state index >= 15 is 0 Å². The molecule has 1 saturated heterocycles. The first-order valence-electron chi connectivity index (χ1n) is 11.9. The molecule has 0 N–H and O–H groups in total. The second-order valence-electron chi connectivity index (χ2n) is 9.56. The predicted molar refractivity (Wildman–Crippen MR) is 126 cm³/mol. The summed E-state index contributed by atoms with van der Waals surface area (Å²) < 4.78 is 2.49. The molecule has 1 fully saturated rings. The van der Waals surface area contributed by atoms with Crippen LogP contribution in [0.5, 0.6) is 0 Å². The minimum absolute atomic E-state index is 0.445. The molecule has 5 heteroatoms. The Bertz CT molecular complexity index is 970. The van der Waals surface area contributed by atoms with Crippen molar-refractivity contribution in [2.45, 2.75) is 57.7 Å². The highest BCUT2D eigenvalue weighted by atomic mass is 15.2. The van der Waals surface area contributed by atoms with Gasteiger partial charge >= 0.3 is 0 Å². The van der Waals surface area contributed by atoms with Gasteiger partial charge in [-0.05, 0) is 82.9 Å². The maximum absolute atomic E-state index is 5.18. The standard InChI is InChI=1S/C26H35N5/c1-29(2)16-8-18-31-23-12-5-3-4-11-22(23)28-24(31)19-30-17-7-10-21-14-13-20-9-6-15-27-25(20)26(21)30/h3-6,9,12,15,21,26H,7-8,10-11,13-14,16-19H2,1-2H3/t21-,26?/m1/s1. The largest absolute Gasteiger partial charge is 0.327 e. The number of fused-ring (bicyclic) bond motifs is 4. The maximum Gasteiger partial charge on any atom is 0.123 e. The zero-order valence-corrected chi connectivity index (χ0v) is 19.0. The molecule has 0 amide bonds. The molecule has 1 unspecified atom stereocenters. The van der Waals surface area contributed by atoms with Gasteiger partial charge in [0.1, 0.15) is 5.82 Å². The van der Waals surface area contributed by atoms with Gasteiger partial charge in [-0.1, -0.05) is 24.3 Å². The van der Waals surface area contributed by atoms with Crippen LogP contribution in [0.1, 0.15) is 60.2 Å². The molecule has 3 aliphatic rings. The summed E-state index contributed by atoms with van der Waals surface area (Å²) in [5.74, 6) is 1.96. The van der Waals surface area contributed by atoms with E-state index in [0.29, 0.717) is 6.04 Å². The Kier molecular flexibility index (Phi) is 6.06. The Morgan fingerprint density at radius 1 is 1.19 bits per heavy atom. The van der Waals surface area contributed by atoms with E-state index in [1.165, 1.54) is 54.2 Å². The summed E-state index contributed by atoms with van der Waals surface area (Å²) in [4.78, 5) is 15.0. The third kappa shape index (κ3) is 4.26. The van der Waals surface area contributed by atoms with Crippen LogP contribution in [0, 0.1) is 5.92 Å². The zero-order valence-electron chi connectivity index (χ0n) is 19.0. The van der Waals surface area contributed by atoms with Crippen LogP contribution in [0.4, 0.5) is 0 Å². The van der Waals surface area contributed by atoms with Gasteiger partial charge in [-0.3, -0.25) is 9.88 Å². The Balaban J connectivity index is 1.45. The Morgan fingerprint density at radius 2 is 2.13 bits per heavy atom. The number of likely N-dealkylation sites (tertiary alicyclic amines) is 1. The van der Waals surface area contributed by atoms with Crippen LogP contribution in [0.2, 0.25) is 0 Å². The normalized spacial score (nSPS) is 22.8. The number of piperidine rings is 1. The van der Waals surface area contributed by atoms with Crippen molar-refractivity contribution in [1.29, 1.82) is 0 Å². The van der Waals surface area contributed by atoms with E-state index in [-0.39, 0.29) is 0 Å². The van der Waals surface area contributed by atoms with E-state index in [1.807, 2.05) is 6.20 Å². The SMILES string of the molecule is CN(C)CCCn1c(CN2CCC[C@@H]3CCc4cccnc4C32)nc2c1C=CC=CC2. The number of hydrogen-bond acceptors (Lipinski definition) is 4. The van der Waals surface area contributed by atoms with Crippen LogP contribution < -0.4 is 0 Å². The highest BCUT2D eigenvalue weighted by Gasteiger charge is 2.38. The number of aromatic nitrogens is 3. The first-order chi connectivity index (χ1) is 15.2. The van der Waals surface area contributed by atoms with Gasteiger partial charge in [0.15, 0.2) is 0 Å². The Morgan fingerprint density at radius 3 is 3.03 bits per heavy atom. The molecule has 0 aromatic carbocycles. The van der Waals surface area contributed by atoms with Gasteiger partial charge in [0.2, 0.25) is 0 Å². The molecule has 3 heterocycles. The van der Waals surface area contributed by atoms with Crippen molar-refractivity contribution in [3.63, 3.8) is 0 Å². The van der Waals surface area contributed by atoms with Gasteiger partial charge in [-0.25, -0.2) is 4.98 Å². The lowest BCUT2D eigenvalue weighted by atomic mass is 9.77. The van der Waals surface area contributed by atoms with Gasteiger partial charge in [-0.15, -0.1) is 0 Å². The molecule has 2 aromatic heterocycles. The summed E-state index contributed by atoms with van der Waals surface area (Å²) in [6.07, 6.45) is 17.9. The van der Waals surface area contributed by atoms with Gasteiger partial charge in [0.25, 0.3) is 0 Å². The first-order valence-corrected chi connectivity index (χ1v) is 11.9. The van der Waals surface area contributed by atoms with Crippen LogP contribution in [0.3, 0.4) is 0 Å². The van der Waals surface area contributed by atoms with Crippen molar-refractivity contribution in [3.8, 4) is 0 Å². The van der Waals surface area contributed by atoms with Gasteiger partial charge in [-0.2, -0.15) is 0 Å². The Labute approximate surface area is 186 Å². The molecular formula is C26H35N5. The first kappa shape index (κ1) is 20.7. The topological polar surface area (TPSA) is 37.2 Å². The summed E-state index contributed by atoms with van der Waals surface area (Å²) in [7, 11) is 4.31. The molecule has 2 atom stereocenters. The van der Waals surface area contributed by atoms with Crippen molar-refractivity contribution >= 4 is 6.08 Å². The van der Waals surface area contributed by atoms with E-state index in [9.17, 15) is 0 Å². The number of hydrogen-bond donors (Lipinski definition) is 0. The predicted octanol–water partition coefficient (Wildman–Crippen LogP) is 4.25. The number of nitrogens with zero attached hydrogens (tertiary/aromatic N) is 5. The van der Waals surface area contributed by atoms with Crippen LogP contribution in [-0.4, -0.2) is 51.5 Å². The molecule has 0 saturated carbocycles. The van der Waals surface area contributed by atoms with E-state index in [1.54, 1.807) is 0 Å². The summed E-state index contributed by atoms with van der Waals surface area (Å²) in [6.45, 7) is 4.18. The number of rotatable bonds is 6. The molecule has 5 rings (SSSR count). The lowest BCUT2D eigenvalue weighted by molar-refractivity contribution is 0.0662. The molecule has 31 heavy (non-hydrogen) atoms. The Hall–Kier alpha value is -2.24. The number of allylic oxidation sites excluding steroid dienone is 3. The van der Waals surface area contributed by atoms with E-state index in [4.69, 9.17) is 9.97 Å². The minimum Gasteiger partial charge on any atom is -0.327 e. The monoisotopic (exact) mass is 417 g/mol. The summed E-state index contributed by atoms with van der Waals surface area (Å²) in [5, 5.41) is 0. The fourth-order valence-electron chi connectivity index (χ4n) is 5.70. The zero-order chi connectivity index (χ0) is 21.2. The summed E-state index contributed by atoms with van der Waals surface area (Å²) in [6, 6.07) is 4.83. The van der Waals surface area contributed by atoms with Crippen LogP contribution in [-0.2, 0) is 25.9 Å². The molecule has 5 nitrogen and oxygen atoms in total. The second-order valence-corrected chi connectivity index (χ2v) is 9.56. The summed E-state index contributed by atoms with van der Waals surface area (Å²) in [5.41, 5.74) is 5.30. The second kappa shape index (κ2) is 9.09. The molecule has 1 aliphatic heterocycles. The highest BCUT2D eigenvalue weighted by molar-refractivity contribution is 5.53. The molecule has 2 aromatic rings. The molecule has 0 bridgehead atoms. The quantitative estimate of drug-likeness (QED) is 0.704. The van der Waals surface area contributed by atoms with E-state index in [2.05, 4.69) is 64.9 Å². The smallest absolute Gasteiger partial charge is 0.123 e. The molecular weight excluding hydrogens is 382 g/mol. The highest BCUT2D eigenvalue weighted by Crippen LogP contribution is 2.43. The third-order valence-electron chi connectivity index (χ3n) is 7.16. The van der Waals surface area contributed by atoms with E-state index in [0.717, 1.165) is 44.9 Å². The maximum atomic E-state index is 5.18. The van der Waals surface area contributed by atoms with Gasteiger partial charge in [0.05, 0.1) is 29.7 Å². The van der Waals surface area contributed by atoms with Gasteiger partial charge < -0.3 is 9.47 Å². The van der Waals surface area contributed by atoms with Gasteiger partial charge in [0, 0.05) is 19.2 Å².